The molecule has 0 aliphatic carbocycles. The number of rotatable bonds is 3. The van der Waals surface area contributed by atoms with E-state index in [4.69, 9.17) is 0 Å². The highest BCUT2D eigenvalue weighted by molar-refractivity contribution is 7.07. The number of piperidine rings is 1. The van der Waals surface area contributed by atoms with Crippen LogP contribution in [-0.4, -0.2) is 35.9 Å². The van der Waals surface area contributed by atoms with Crippen LogP contribution in [0.5, 0.6) is 0 Å². The minimum atomic E-state index is 0.188. The summed E-state index contributed by atoms with van der Waals surface area (Å²) in [5.41, 5.74) is 3.01. The van der Waals surface area contributed by atoms with Gasteiger partial charge in [-0.3, -0.25) is 9.69 Å². The maximum absolute atomic E-state index is 11.5. The average Bonchev–Trinajstić information content (AvgIpc) is 2.82. The fourth-order valence-corrected chi connectivity index (χ4v) is 2.65. The van der Waals surface area contributed by atoms with Gasteiger partial charge in [0.25, 0.3) is 0 Å². The molecule has 0 aromatic carbocycles. The predicted molar refractivity (Wildman–Crippen MR) is 64.2 cm³/mol. The lowest BCUT2D eigenvalue weighted by Crippen LogP contribution is -2.39. The first-order valence-electron chi connectivity index (χ1n) is 5.60. The minimum absolute atomic E-state index is 0.188. The van der Waals surface area contributed by atoms with E-state index in [0.29, 0.717) is 0 Å². The number of amides is 1. The van der Waals surface area contributed by atoms with Crippen LogP contribution in [0.15, 0.2) is 10.9 Å². The van der Waals surface area contributed by atoms with Gasteiger partial charge in [0.1, 0.15) is 0 Å². The molecule has 0 unspecified atom stereocenters. The van der Waals surface area contributed by atoms with Crippen molar-refractivity contribution in [2.24, 2.45) is 5.92 Å². The second-order valence-electron chi connectivity index (χ2n) is 4.14. The van der Waals surface area contributed by atoms with Crippen LogP contribution in [-0.2, 0) is 11.3 Å². The van der Waals surface area contributed by atoms with Crippen LogP contribution in [0, 0.1) is 5.92 Å². The fraction of sp³-hybridized carbons (Fsp3) is 0.636. The number of carbonyl (C=O) groups is 1. The van der Waals surface area contributed by atoms with Gasteiger partial charge in [0, 0.05) is 24.9 Å². The summed E-state index contributed by atoms with van der Waals surface area (Å²) < 4.78 is 0. The van der Waals surface area contributed by atoms with Crippen LogP contribution in [0.2, 0.25) is 0 Å². The molecule has 2 rings (SSSR count). The van der Waals surface area contributed by atoms with Crippen LogP contribution in [0.4, 0.5) is 0 Å². The molecule has 0 radical (unpaired) electrons. The quantitative estimate of drug-likeness (QED) is 0.859. The van der Waals surface area contributed by atoms with E-state index in [-0.39, 0.29) is 11.8 Å². The number of hydrogen-bond acceptors (Lipinski definition) is 4. The van der Waals surface area contributed by atoms with Crippen LogP contribution in [0.3, 0.4) is 0 Å². The highest BCUT2D eigenvalue weighted by Crippen LogP contribution is 2.18. The molecule has 4 nitrogen and oxygen atoms in total. The zero-order valence-electron chi connectivity index (χ0n) is 9.48. The van der Waals surface area contributed by atoms with Crippen molar-refractivity contribution in [1.29, 1.82) is 0 Å². The number of hydrogen-bond donors (Lipinski definition) is 1. The van der Waals surface area contributed by atoms with Gasteiger partial charge in [-0.1, -0.05) is 0 Å². The molecular weight excluding hydrogens is 222 g/mol. The monoisotopic (exact) mass is 239 g/mol. The summed E-state index contributed by atoms with van der Waals surface area (Å²) in [6.45, 7) is 2.91. The van der Waals surface area contributed by atoms with E-state index in [9.17, 15) is 4.79 Å². The smallest absolute Gasteiger partial charge is 0.222 e. The Morgan fingerprint density at radius 2 is 2.38 bits per heavy atom. The summed E-state index contributed by atoms with van der Waals surface area (Å²) in [4.78, 5) is 18.1. The van der Waals surface area contributed by atoms with E-state index < -0.39 is 0 Å². The van der Waals surface area contributed by atoms with Crippen molar-refractivity contribution in [2.45, 2.75) is 19.4 Å². The Kier molecular flexibility index (Phi) is 3.90. The molecule has 1 aliphatic heterocycles. The number of nitrogens with zero attached hydrogens (tertiary/aromatic N) is 2. The van der Waals surface area contributed by atoms with Gasteiger partial charge in [-0.05, 0) is 25.9 Å². The first kappa shape index (κ1) is 11.5. The first-order chi connectivity index (χ1) is 7.79. The molecule has 0 atom stereocenters. The van der Waals surface area contributed by atoms with E-state index in [1.54, 1.807) is 18.4 Å². The molecule has 5 heteroatoms. The van der Waals surface area contributed by atoms with Gasteiger partial charge in [-0.25, -0.2) is 4.98 Å². The Morgan fingerprint density at radius 3 is 2.94 bits per heavy atom. The minimum Gasteiger partial charge on any atom is -0.359 e. The summed E-state index contributed by atoms with van der Waals surface area (Å²) in [5, 5.41) is 4.82. The second kappa shape index (κ2) is 5.41. The molecular formula is C11H17N3OS. The van der Waals surface area contributed by atoms with E-state index in [2.05, 4.69) is 20.6 Å². The van der Waals surface area contributed by atoms with Crippen LogP contribution in [0.1, 0.15) is 18.5 Å². The second-order valence-corrected chi connectivity index (χ2v) is 4.86. The van der Waals surface area contributed by atoms with Gasteiger partial charge >= 0.3 is 0 Å². The highest BCUT2D eigenvalue weighted by Gasteiger charge is 2.24. The first-order valence-corrected chi connectivity index (χ1v) is 6.55. The van der Waals surface area contributed by atoms with Gasteiger partial charge in [0.2, 0.25) is 5.91 Å². The number of aromatic nitrogens is 1. The number of carbonyl (C=O) groups excluding carboxylic acids is 1. The topological polar surface area (TPSA) is 45.2 Å². The van der Waals surface area contributed by atoms with Crippen molar-refractivity contribution < 1.29 is 4.79 Å². The molecule has 1 fully saturated rings. The lowest BCUT2D eigenvalue weighted by molar-refractivity contribution is -0.125. The zero-order valence-corrected chi connectivity index (χ0v) is 10.3. The van der Waals surface area contributed by atoms with Crippen LogP contribution < -0.4 is 5.32 Å². The number of nitrogens with one attached hydrogen (secondary N) is 1. The number of likely N-dealkylation sites (tertiary alicyclic amines) is 1. The molecule has 1 aliphatic rings. The third-order valence-corrected chi connectivity index (χ3v) is 3.71. The lowest BCUT2D eigenvalue weighted by Gasteiger charge is -2.30. The number of thiazole rings is 1. The van der Waals surface area contributed by atoms with Crippen molar-refractivity contribution in [3.8, 4) is 0 Å². The largest absolute Gasteiger partial charge is 0.359 e. The highest BCUT2D eigenvalue weighted by atomic mass is 32.1. The van der Waals surface area contributed by atoms with Gasteiger partial charge in [-0.2, -0.15) is 0 Å². The van der Waals surface area contributed by atoms with Crippen molar-refractivity contribution in [1.82, 2.24) is 15.2 Å². The third kappa shape index (κ3) is 2.80. The van der Waals surface area contributed by atoms with Gasteiger partial charge < -0.3 is 5.32 Å². The molecule has 1 N–H and O–H groups in total. The van der Waals surface area contributed by atoms with Crippen molar-refractivity contribution in [3.63, 3.8) is 0 Å². The van der Waals surface area contributed by atoms with Crippen molar-refractivity contribution in [3.05, 3.63) is 16.6 Å². The predicted octanol–water partition coefficient (Wildman–Crippen LogP) is 1.10. The SMILES string of the molecule is CNC(=O)C1CCN(Cc2cscn2)CC1. The Labute approximate surface area is 99.7 Å². The molecule has 1 aromatic rings. The molecule has 0 bridgehead atoms. The zero-order chi connectivity index (χ0) is 11.4. The van der Waals surface area contributed by atoms with E-state index in [1.165, 1.54) is 0 Å². The van der Waals surface area contributed by atoms with Crippen LogP contribution in [0.25, 0.3) is 0 Å². The van der Waals surface area contributed by atoms with Crippen molar-refractivity contribution in [2.75, 3.05) is 20.1 Å². The Balaban J connectivity index is 1.79. The Bertz CT molecular complexity index is 331. The molecule has 1 aromatic heterocycles. The van der Waals surface area contributed by atoms with Gasteiger partial charge in [-0.15, -0.1) is 11.3 Å². The lowest BCUT2D eigenvalue weighted by atomic mass is 9.96. The molecule has 2 heterocycles. The Morgan fingerprint density at radius 1 is 1.62 bits per heavy atom. The standard InChI is InChI=1S/C11H17N3OS/c1-12-11(15)9-2-4-14(5-3-9)6-10-7-16-8-13-10/h7-9H,2-6H2,1H3,(H,12,15). The maximum Gasteiger partial charge on any atom is 0.222 e. The molecule has 0 spiro atoms. The summed E-state index contributed by atoms with van der Waals surface area (Å²) in [5.74, 6) is 0.394. The average molecular weight is 239 g/mol. The molecule has 88 valence electrons. The van der Waals surface area contributed by atoms with E-state index in [1.807, 2.05) is 5.51 Å². The summed E-state index contributed by atoms with van der Waals surface area (Å²) in [7, 11) is 1.71. The normalized spacial score (nSPS) is 18.6. The molecule has 1 amide bonds. The Hall–Kier alpha value is -0.940. The summed E-state index contributed by atoms with van der Waals surface area (Å²) >= 11 is 1.64. The summed E-state index contributed by atoms with van der Waals surface area (Å²) in [6.07, 6.45) is 1.92. The molecule has 0 saturated carbocycles. The van der Waals surface area contributed by atoms with E-state index >= 15 is 0 Å². The fourth-order valence-electron chi connectivity index (χ4n) is 2.10. The van der Waals surface area contributed by atoms with Gasteiger partial charge in [0.05, 0.1) is 11.2 Å². The maximum atomic E-state index is 11.5. The third-order valence-electron chi connectivity index (χ3n) is 3.07. The molecule has 16 heavy (non-hydrogen) atoms. The van der Waals surface area contributed by atoms with Crippen LogP contribution >= 0.6 is 11.3 Å². The summed E-state index contributed by atoms with van der Waals surface area (Å²) in [6, 6.07) is 0. The van der Waals surface area contributed by atoms with Gasteiger partial charge in [0.15, 0.2) is 0 Å². The molecule has 1 saturated heterocycles. The van der Waals surface area contributed by atoms with Crippen molar-refractivity contribution >= 4 is 17.2 Å². The van der Waals surface area contributed by atoms with E-state index in [0.717, 1.165) is 38.2 Å².